The highest BCUT2D eigenvalue weighted by Gasteiger charge is 2.29. The molecule has 0 radical (unpaired) electrons. The zero-order valence-corrected chi connectivity index (χ0v) is 19.0. The van der Waals surface area contributed by atoms with Crippen LogP contribution in [0, 0.1) is 0 Å². The molecule has 7 nitrogen and oxygen atoms in total. The third-order valence-electron chi connectivity index (χ3n) is 6.23. The number of ether oxygens (including phenoxy) is 1. The van der Waals surface area contributed by atoms with Gasteiger partial charge in [-0.05, 0) is 46.9 Å². The molecule has 34 heavy (non-hydrogen) atoms. The molecule has 0 heterocycles. The highest BCUT2D eigenvalue weighted by atomic mass is 16.5. The molecule has 0 spiro atoms. The van der Waals surface area contributed by atoms with Gasteiger partial charge in [-0.2, -0.15) is 0 Å². The number of fused-ring (bicyclic) bond motifs is 3. The summed E-state index contributed by atoms with van der Waals surface area (Å²) in [6.45, 7) is 1.68. The fourth-order valence-electron chi connectivity index (χ4n) is 4.14. The Kier molecular flexibility index (Phi) is 6.63. The summed E-state index contributed by atoms with van der Waals surface area (Å²) in [5.41, 5.74) is 5.88. The molecule has 4 rings (SSSR count). The first-order valence-corrected chi connectivity index (χ1v) is 11.0. The number of benzene rings is 3. The molecule has 1 aliphatic carbocycles. The van der Waals surface area contributed by atoms with Gasteiger partial charge in [0.15, 0.2) is 0 Å². The third kappa shape index (κ3) is 4.78. The van der Waals surface area contributed by atoms with E-state index >= 15 is 0 Å². The molecule has 1 unspecified atom stereocenters. The lowest BCUT2D eigenvalue weighted by Crippen LogP contribution is -2.41. The van der Waals surface area contributed by atoms with Crippen LogP contribution in [-0.2, 0) is 20.7 Å². The molecule has 2 N–H and O–H groups in total. The summed E-state index contributed by atoms with van der Waals surface area (Å²) >= 11 is 0. The van der Waals surface area contributed by atoms with E-state index in [9.17, 15) is 14.4 Å². The number of aliphatic carboxylic acids is 1. The molecule has 1 aliphatic rings. The standard InChI is InChI=1S/C27H26N2O5/c1-17(26(31)32)29(2)25(30)15-18-11-13-19(14-12-18)28-27(33)34-16-24-22-9-5-3-7-20(22)21-8-4-6-10-23(21)24/h3-14,17,24H,15-16H2,1-2H3,(H,28,33)(H,31,32). The topological polar surface area (TPSA) is 95.9 Å². The number of carbonyl (C=O) groups excluding carboxylic acids is 2. The number of likely N-dealkylation sites (N-methyl/N-ethyl adjacent to an activating group) is 1. The predicted molar refractivity (Wildman–Crippen MR) is 129 cm³/mol. The fourth-order valence-corrected chi connectivity index (χ4v) is 4.14. The molecule has 0 saturated heterocycles. The van der Waals surface area contributed by atoms with Crippen molar-refractivity contribution in [2.24, 2.45) is 0 Å². The maximum absolute atomic E-state index is 12.4. The number of rotatable bonds is 7. The van der Waals surface area contributed by atoms with Crippen molar-refractivity contribution >= 4 is 23.7 Å². The number of hydrogen-bond acceptors (Lipinski definition) is 4. The van der Waals surface area contributed by atoms with Crippen molar-refractivity contribution in [1.82, 2.24) is 4.90 Å². The average Bonchev–Trinajstić information content (AvgIpc) is 3.16. The Balaban J connectivity index is 1.34. The van der Waals surface area contributed by atoms with Crippen LogP contribution in [0.15, 0.2) is 72.8 Å². The smallest absolute Gasteiger partial charge is 0.411 e. The molecule has 174 valence electrons. The van der Waals surface area contributed by atoms with Crippen LogP contribution in [0.2, 0.25) is 0 Å². The molecule has 1 atom stereocenters. The number of nitrogens with zero attached hydrogens (tertiary/aromatic N) is 1. The van der Waals surface area contributed by atoms with Crippen molar-refractivity contribution in [3.63, 3.8) is 0 Å². The van der Waals surface area contributed by atoms with Gasteiger partial charge in [-0.15, -0.1) is 0 Å². The van der Waals surface area contributed by atoms with Crippen molar-refractivity contribution < 1.29 is 24.2 Å². The summed E-state index contributed by atoms with van der Waals surface area (Å²) in [7, 11) is 1.47. The molecule has 0 fully saturated rings. The summed E-state index contributed by atoms with van der Waals surface area (Å²) < 4.78 is 5.55. The van der Waals surface area contributed by atoms with E-state index in [1.165, 1.54) is 30.0 Å². The van der Waals surface area contributed by atoms with E-state index in [2.05, 4.69) is 29.6 Å². The molecule has 0 bridgehead atoms. The molecule has 0 aromatic heterocycles. The molecule has 0 aliphatic heterocycles. The number of amides is 2. The first-order valence-electron chi connectivity index (χ1n) is 11.0. The van der Waals surface area contributed by atoms with Crippen molar-refractivity contribution in [2.45, 2.75) is 25.3 Å². The van der Waals surface area contributed by atoms with Crippen molar-refractivity contribution in [3.05, 3.63) is 89.5 Å². The van der Waals surface area contributed by atoms with E-state index in [0.717, 1.165) is 11.1 Å². The van der Waals surface area contributed by atoms with Gasteiger partial charge in [-0.1, -0.05) is 60.7 Å². The van der Waals surface area contributed by atoms with Crippen molar-refractivity contribution in [1.29, 1.82) is 0 Å². The summed E-state index contributed by atoms with van der Waals surface area (Å²) in [4.78, 5) is 37.0. The van der Waals surface area contributed by atoms with Gasteiger partial charge in [0.1, 0.15) is 12.6 Å². The Bertz CT molecular complexity index is 1180. The van der Waals surface area contributed by atoms with Crippen LogP contribution >= 0.6 is 0 Å². The maximum Gasteiger partial charge on any atom is 0.411 e. The Morgan fingerprint density at radius 1 is 0.941 bits per heavy atom. The number of anilines is 1. The minimum absolute atomic E-state index is 0.0169. The molecule has 2 amide bonds. The second-order valence-corrected chi connectivity index (χ2v) is 8.34. The SMILES string of the molecule is CC(C(=O)O)N(C)C(=O)Cc1ccc(NC(=O)OCC2c3ccccc3-c3ccccc32)cc1. The van der Waals surface area contributed by atoms with Crippen LogP contribution in [0.25, 0.3) is 11.1 Å². The number of hydrogen-bond donors (Lipinski definition) is 2. The zero-order chi connectivity index (χ0) is 24.2. The number of nitrogens with one attached hydrogen (secondary N) is 1. The van der Waals surface area contributed by atoms with Crippen LogP contribution in [0.5, 0.6) is 0 Å². The monoisotopic (exact) mass is 458 g/mol. The van der Waals surface area contributed by atoms with Gasteiger partial charge in [0.2, 0.25) is 5.91 Å². The van der Waals surface area contributed by atoms with E-state index in [1.807, 2.05) is 24.3 Å². The van der Waals surface area contributed by atoms with Gasteiger partial charge < -0.3 is 14.7 Å². The van der Waals surface area contributed by atoms with Crippen LogP contribution in [-0.4, -0.2) is 47.7 Å². The molecule has 7 heteroatoms. The lowest BCUT2D eigenvalue weighted by atomic mass is 9.98. The van der Waals surface area contributed by atoms with Gasteiger partial charge in [0.05, 0.1) is 6.42 Å². The lowest BCUT2D eigenvalue weighted by molar-refractivity contribution is -0.147. The van der Waals surface area contributed by atoms with Gasteiger partial charge >= 0.3 is 12.1 Å². The molecule has 3 aromatic carbocycles. The highest BCUT2D eigenvalue weighted by Crippen LogP contribution is 2.44. The first-order chi connectivity index (χ1) is 16.3. The Labute approximate surface area is 198 Å². The lowest BCUT2D eigenvalue weighted by Gasteiger charge is -2.21. The number of carbonyl (C=O) groups is 3. The quantitative estimate of drug-likeness (QED) is 0.543. The number of carboxylic acids is 1. The van der Waals surface area contributed by atoms with Crippen molar-refractivity contribution in [3.8, 4) is 11.1 Å². The molecule has 3 aromatic rings. The van der Waals surface area contributed by atoms with Crippen LogP contribution in [0.3, 0.4) is 0 Å². The number of carboxylic acid groups (broad SMARTS) is 1. The van der Waals surface area contributed by atoms with Gasteiger partial charge in [0.25, 0.3) is 0 Å². The zero-order valence-electron chi connectivity index (χ0n) is 19.0. The fraction of sp³-hybridized carbons (Fsp3) is 0.222. The highest BCUT2D eigenvalue weighted by molar-refractivity contribution is 5.86. The largest absolute Gasteiger partial charge is 0.480 e. The van der Waals surface area contributed by atoms with Gasteiger partial charge in [-0.3, -0.25) is 10.1 Å². The minimum Gasteiger partial charge on any atom is -0.480 e. The van der Waals surface area contributed by atoms with Gasteiger partial charge in [-0.25, -0.2) is 9.59 Å². The van der Waals surface area contributed by atoms with Crippen LogP contribution < -0.4 is 5.32 Å². The van der Waals surface area contributed by atoms with Crippen LogP contribution in [0.1, 0.15) is 29.5 Å². The summed E-state index contributed by atoms with van der Waals surface area (Å²) in [5.74, 6) is -1.37. The molecular weight excluding hydrogens is 432 g/mol. The second-order valence-electron chi connectivity index (χ2n) is 8.34. The van der Waals surface area contributed by atoms with E-state index < -0.39 is 18.1 Å². The third-order valence-corrected chi connectivity index (χ3v) is 6.23. The van der Waals surface area contributed by atoms with Gasteiger partial charge in [0, 0.05) is 18.7 Å². The molecule has 0 saturated carbocycles. The van der Waals surface area contributed by atoms with E-state index in [4.69, 9.17) is 9.84 Å². The normalized spacial score (nSPS) is 12.9. The second kappa shape index (κ2) is 9.79. The Hall–Kier alpha value is -4.13. The minimum atomic E-state index is -1.06. The van der Waals surface area contributed by atoms with Crippen molar-refractivity contribution in [2.75, 3.05) is 19.0 Å². The summed E-state index contributed by atoms with van der Waals surface area (Å²) in [5, 5.41) is 11.8. The van der Waals surface area contributed by atoms with E-state index in [-0.39, 0.29) is 24.9 Å². The summed E-state index contributed by atoms with van der Waals surface area (Å²) in [6.07, 6.45) is -0.486. The predicted octanol–water partition coefficient (Wildman–Crippen LogP) is 4.52. The van der Waals surface area contributed by atoms with E-state index in [0.29, 0.717) is 11.3 Å². The Morgan fingerprint density at radius 2 is 1.50 bits per heavy atom. The van der Waals surface area contributed by atoms with E-state index in [1.54, 1.807) is 24.3 Å². The average molecular weight is 459 g/mol. The maximum atomic E-state index is 12.4. The first kappa shape index (κ1) is 23.0. The van der Waals surface area contributed by atoms with Crippen LogP contribution in [0.4, 0.5) is 10.5 Å². The summed E-state index contributed by atoms with van der Waals surface area (Å²) in [6, 6.07) is 22.2. The Morgan fingerprint density at radius 3 is 2.06 bits per heavy atom. The molecular formula is C27H26N2O5.